The summed E-state index contributed by atoms with van der Waals surface area (Å²) in [5, 5.41) is 11.8. The van der Waals surface area contributed by atoms with Gasteiger partial charge in [-0.1, -0.05) is 12.1 Å². The second-order valence-corrected chi connectivity index (χ2v) is 4.89. The molecule has 0 aliphatic carbocycles. The third kappa shape index (κ3) is 3.00. The molecule has 0 atom stereocenters. The van der Waals surface area contributed by atoms with Crippen LogP contribution in [0.15, 0.2) is 28.7 Å². The van der Waals surface area contributed by atoms with Crippen molar-refractivity contribution in [3.05, 3.63) is 24.3 Å². The second-order valence-electron chi connectivity index (χ2n) is 4.89. The average Bonchev–Trinajstić information content (AvgIpc) is 2.67. The smallest absolute Gasteiger partial charge is 0.303 e. The summed E-state index contributed by atoms with van der Waals surface area (Å²) < 4.78 is 5.54. The van der Waals surface area contributed by atoms with Crippen LogP contribution in [0.5, 0.6) is 0 Å². The molecule has 0 amide bonds. The SMILES string of the molecule is CC(C)(CCC(=O)O)Nc1nc2ccccc2o1. The summed E-state index contributed by atoms with van der Waals surface area (Å²) in [6, 6.07) is 7.91. The maximum Gasteiger partial charge on any atom is 0.303 e. The van der Waals surface area contributed by atoms with Gasteiger partial charge in [0.1, 0.15) is 5.52 Å². The Morgan fingerprint density at radius 2 is 2.17 bits per heavy atom. The van der Waals surface area contributed by atoms with Gasteiger partial charge in [-0.05, 0) is 32.4 Å². The van der Waals surface area contributed by atoms with Gasteiger partial charge < -0.3 is 14.8 Å². The summed E-state index contributed by atoms with van der Waals surface area (Å²) in [4.78, 5) is 14.9. The van der Waals surface area contributed by atoms with Gasteiger partial charge in [0.05, 0.1) is 0 Å². The Kier molecular flexibility index (Phi) is 3.23. The van der Waals surface area contributed by atoms with Crippen molar-refractivity contribution < 1.29 is 14.3 Å². The predicted octanol–water partition coefficient (Wildman–Crippen LogP) is 2.88. The fourth-order valence-corrected chi connectivity index (χ4v) is 1.70. The average molecular weight is 248 g/mol. The Labute approximate surface area is 105 Å². The van der Waals surface area contributed by atoms with Gasteiger partial charge in [0.15, 0.2) is 5.58 Å². The van der Waals surface area contributed by atoms with Crippen LogP contribution in [0.3, 0.4) is 0 Å². The Hall–Kier alpha value is -2.04. The minimum atomic E-state index is -0.803. The number of para-hydroxylation sites is 2. The van der Waals surface area contributed by atoms with Crippen LogP contribution in [-0.2, 0) is 4.79 Å². The van der Waals surface area contributed by atoms with E-state index in [0.29, 0.717) is 18.0 Å². The third-order valence-corrected chi connectivity index (χ3v) is 2.70. The van der Waals surface area contributed by atoms with Crippen LogP contribution in [0.4, 0.5) is 6.01 Å². The molecular weight excluding hydrogens is 232 g/mol. The van der Waals surface area contributed by atoms with E-state index in [-0.39, 0.29) is 12.0 Å². The lowest BCUT2D eigenvalue weighted by Crippen LogP contribution is -2.31. The number of carbonyl (C=O) groups is 1. The maximum atomic E-state index is 10.6. The fourth-order valence-electron chi connectivity index (χ4n) is 1.70. The van der Waals surface area contributed by atoms with E-state index >= 15 is 0 Å². The lowest BCUT2D eigenvalue weighted by atomic mass is 9.99. The monoisotopic (exact) mass is 248 g/mol. The molecule has 1 heterocycles. The molecule has 5 nitrogen and oxygen atoms in total. The Balaban J connectivity index is 2.10. The number of nitrogens with one attached hydrogen (secondary N) is 1. The molecule has 0 bridgehead atoms. The van der Waals surface area contributed by atoms with Crippen LogP contribution in [0.25, 0.3) is 11.1 Å². The zero-order chi connectivity index (χ0) is 13.2. The Bertz CT molecular complexity index is 527. The van der Waals surface area contributed by atoms with E-state index in [9.17, 15) is 4.79 Å². The van der Waals surface area contributed by atoms with Crippen molar-refractivity contribution in [3.63, 3.8) is 0 Å². The standard InChI is InChI=1S/C13H16N2O3/c1-13(2,8-7-11(16)17)15-12-14-9-5-3-4-6-10(9)18-12/h3-6H,7-8H2,1-2H3,(H,14,15)(H,16,17). The molecule has 1 aromatic heterocycles. The molecule has 0 unspecified atom stereocenters. The Morgan fingerprint density at radius 1 is 1.44 bits per heavy atom. The molecule has 2 N–H and O–H groups in total. The number of hydrogen-bond donors (Lipinski definition) is 2. The molecule has 18 heavy (non-hydrogen) atoms. The zero-order valence-electron chi connectivity index (χ0n) is 10.4. The van der Waals surface area contributed by atoms with Crippen LogP contribution in [0.2, 0.25) is 0 Å². The van der Waals surface area contributed by atoms with Gasteiger partial charge in [0.25, 0.3) is 6.01 Å². The third-order valence-electron chi connectivity index (χ3n) is 2.70. The first-order chi connectivity index (χ1) is 8.46. The molecule has 5 heteroatoms. The molecule has 0 aliphatic heterocycles. The van der Waals surface area contributed by atoms with Crippen molar-refractivity contribution in [2.45, 2.75) is 32.2 Å². The maximum absolute atomic E-state index is 10.6. The van der Waals surface area contributed by atoms with Gasteiger partial charge in [0.2, 0.25) is 0 Å². The molecular formula is C13H16N2O3. The summed E-state index contributed by atoms with van der Waals surface area (Å²) >= 11 is 0. The van der Waals surface area contributed by atoms with Crippen LogP contribution >= 0.6 is 0 Å². The molecule has 0 fully saturated rings. The molecule has 0 radical (unpaired) electrons. The topological polar surface area (TPSA) is 75.4 Å². The van der Waals surface area contributed by atoms with Gasteiger partial charge in [-0.3, -0.25) is 4.79 Å². The van der Waals surface area contributed by atoms with Gasteiger partial charge in [-0.2, -0.15) is 4.98 Å². The molecule has 0 saturated carbocycles. The van der Waals surface area contributed by atoms with Gasteiger partial charge in [0, 0.05) is 12.0 Å². The summed E-state index contributed by atoms with van der Waals surface area (Å²) in [6.07, 6.45) is 0.612. The number of carboxylic acids is 1. The lowest BCUT2D eigenvalue weighted by molar-refractivity contribution is -0.137. The molecule has 96 valence electrons. The van der Waals surface area contributed by atoms with Crippen LogP contribution in [-0.4, -0.2) is 21.6 Å². The zero-order valence-corrected chi connectivity index (χ0v) is 10.4. The predicted molar refractivity (Wildman–Crippen MR) is 68.6 cm³/mol. The van der Waals surface area contributed by atoms with Crippen molar-refractivity contribution in [1.82, 2.24) is 4.98 Å². The van der Waals surface area contributed by atoms with Crippen LogP contribution < -0.4 is 5.32 Å². The van der Waals surface area contributed by atoms with Gasteiger partial charge >= 0.3 is 5.97 Å². The van der Waals surface area contributed by atoms with Crippen molar-refractivity contribution in [1.29, 1.82) is 0 Å². The molecule has 1 aromatic carbocycles. The highest BCUT2D eigenvalue weighted by molar-refractivity contribution is 5.74. The molecule has 2 rings (SSSR count). The normalized spacial score (nSPS) is 11.7. The Morgan fingerprint density at radius 3 is 2.83 bits per heavy atom. The summed E-state index contributed by atoms with van der Waals surface area (Å²) in [5.74, 6) is -0.803. The van der Waals surface area contributed by atoms with Crippen molar-refractivity contribution >= 4 is 23.1 Å². The molecule has 2 aromatic rings. The second kappa shape index (κ2) is 4.68. The van der Waals surface area contributed by atoms with Crippen LogP contribution in [0, 0.1) is 0 Å². The van der Waals surface area contributed by atoms with E-state index in [1.807, 2.05) is 38.1 Å². The van der Waals surface area contributed by atoms with E-state index in [1.165, 1.54) is 0 Å². The molecule has 0 saturated heterocycles. The number of aliphatic carboxylic acids is 1. The number of carboxylic acid groups (broad SMARTS) is 1. The highest BCUT2D eigenvalue weighted by Gasteiger charge is 2.21. The number of nitrogens with zero attached hydrogens (tertiary/aromatic N) is 1. The van der Waals surface area contributed by atoms with E-state index < -0.39 is 5.97 Å². The van der Waals surface area contributed by atoms with Gasteiger partial charge in [-0.15, -0.1) is 0 Å². The first-order valence-electron chi connectivity index (χ1n) is 5.82. The summed E-state index contributed by atoms with van der Waals surface area (Å²) in [7, 11) is 0. The minimum Gasteiger partial charge on any atom is -0.481 e. The fraction of sp³-hybridized carbons (Fsp3) is 0.385. The highest BCUT2D eigenvalue weighted by Crippen LogP contribution is 2.23. The highest BCUT2D eigenvalue weighted by atomic mass is 16.4. The van der Waals surface area contributed by atoms with E-state index in [0.717, 1.165) is 5.52 Å². The number of anilines is 1. The number of hydrogen-bond acceptors (Lipinski definition) is 4. The molecule has 0 aliphatic rings. The minimum absolute atomic E-state index is 0.111. The van der Waals surface area contributed by atoms with E-state index in [4.69, 9.17) is 9.52 Å². The summed E-state index contributed by atoms with van der Waals surface area (Å²) in [6.45, 7) is 3.84. The van der Waals surface area contributed by atoms with Crippen molar-refractivity contribution in [2.75, 3.05) is 5.32 Å². The van der Waals surface area contributed by atoms with Gasteiger partial charge in [-0.25, -0.2) is 0 Å². The first-order valence-corrected chi connectivity index (χ1v) is 5.82. The van der Waals surface area contributed by atoms with Crippen molar-refractivity contribution in [2.24, 2.45) is 0 Å². The van der Waals surface area contributed by atoms with E-state index in [2.05, 4.69) is 10.3 Å². The quantitative estimate of drug-likeness (QED) is 0.850. The first kappa shape index (κ1) is 12.4. The number of oxazole rings is 1. The number of rotatable bonds is 5. The van der Waals surface area contributed by atoms with E-state index in [1.54, 1.807) is 0 Å². The summed E-state index contributed by atoms with van der Waals surface area (Å²) in [5.41, 5.74) is 1.13. The number of aromatic nitrogens is 1. The number of benzene rings is 1. The van der Waals surface area contributed by atoms with Crippen molar-refractivity contribution in [3.8, 4) is 0 Å². The largest absolute Gasteiger partial charge is 0.481 e. The van der Waals surface area contributed by atoms with Crippen LogP contribution in [0.1, 0.15) is 26.7 Å². The number of fused-ring (bicyclic) bond motifs is 1. The lowest BCUT2D eigenvalue weighted by Gasteiger charge is -2.24. The molecule has 0 spiro atoms.